The van der Waals surface area contributed by atoms with Crippen LogP contribution in [0.2, 0.25) is 0 Å². The molecule has 7 heteroatoms. The van der Waals surface area contributed by atoms with E-state index in [9.17, 15) is 9.59 Å². The minimum Gasteiger partial charge on any atom is -0.376 e. The number of likely N-dealkylation sites (N-methyl/N-ethyl adjacent to an activating group) is 1. The number of rotatable bonds is 3. The molecule has 1 saturated heterocycles. The highest BCUT2D eigenvalue weighted by molar-refractivity contribution is 6.23. The standard InChI is InChI=1S/C36H31N3O4/c1-36-31-21-14-8-7-13-20(21)27-23-18-37-34(40)29(23)28-22-15-9-10-16-24(22)39(32(28)30(27)31)26(43-36)17-25(33(36)42-3)38(2)35(41)19-11-5-4-6-12-19/h4-16,25-26,31,33H,17-18H2,1-3H3,(H,37,40)/t25-,26-,31?,33-,36-/m1/s1. The van der Waals surface area contributed by atoms with Crippen LogP contribution in [-0.4, -0.2) is 53.2 Å². The maximum Gasteiger partial charge on any atom is 0.253 e. The van der Waals surface area contributed by atoms with Crippen LogP contribution in [0.15, 0.2) is 78.9 Å². The van der Waals surface area contributed by atoms with Gasteiger partial charge in [-0.1, -0.05) is 60.7 Å². The van der Waals surface area contributed by atoms with Crippen LogP contribution in [0.25, 0.3) is 32.9 Å². The van der Waals surface area contributed by atoms with Crippen LogP contribution in [0, 0.1) is 0 Å². The number of fused-ring (bicyclic) bond motifs is 13. The lowest BCUT2D eigenvalue weighted by molar-refractivity contribution is -0.232. The molecule has 214 valence electrons. The minimum absolute atomic E-state index is 0.0261. The average molecular weight is 570 g/mol. The summed E-state index contributed by atoms with van der Waals surface area (Å²) in [6.07, 6.45) is -0.243. The normalized spacial score (nSPS) is 26.3. The molecule has 1 fully saturated rings. The van der Waals surface area contributed by atoms with Crippen molar-refractivity contribution in [2.24, 2.45) is 0 Å². The van der Waals surface area contributed by atoms with E-state index < -0.39 is 11.7 Å². The van der Waals surface area contributed by atoms with Crippen molar-refractivity contribution in [1.29, 1.82) is 0 Å². The number of para-hydroxylation sites is 1. The summed E-state index contributed by atoms with van der Waals surface area (Å²) in [6.45, 7) is 2.66. The lowest BCUT2D eigenvalue weighted by Crippen LogP contribution is -2.62. The van der Waals surface area contributed by atoms with E-state index in [1.54, 1.807) is 7.11 Å². The molecular formula is C36H31N3O4. The first-order chi connectivity index (χ1) is 20.9. The molecule has 1 unspecified atom stereocenters. The number of amides is 2. The fourth-order valence-electron chi connectivity index (χ4n) is 8.84. The quantitative estimate of drug-likeness (QED) is 0.290. The Balaban J connectivity index is 1.38. The van der Waals surface area contributed by atoms with Gasteiger partial charge >= 0.3 is 0 Å². The highest BCUT2D eigenvalue weighted by Gasteiger charge is 2.60. The van der Waals surface area contributed by atoms with Crippen molar-refractivity contribution in [3.05, 3.63) is 107 Å². The van der Waals surface area contributed by atoms with Crippen molar-refractivity contribution in [2.45, 2.75) is 49.8 Å². The summed E-state index contributed by atoms with van der Waals surface area (Å²) in [5, 5.41) is 5.19. The maximum absolute atomic E-state index is 13.9. The average Bonchev–Trinajstić information content (AvgIpc) is 3.68. The van der Waals surface area contributed by atoms with Crippen molar-refractivity contribution in [2.75, 3.05) is 14.2 Å². The molecule has 9 rings (SSSR count). The van der Waals surface area contributed by atoms with E-state index in [0.717, 1.165) is 44.1 Å². The molecule has 5 aromatic rings. The number of nitrogens with zero attached hydrogens (tertiary/aromatic N) is 2. The fraction of sp³-hybridized carbons (Fsp3) is 0.278. The van der Waals surface area contributed by atoms with Crippen LogP contribution in [0.1, 0.15) is 62.9 Å². The van der Waals surface area contributed by atoms with E-state index in [-0.39, 0.29) is 30.0 Å². The highest BCUT2D eigenvalue weighted by atomic mass is 16.6. The molecule has 43 heavy (non-hydrogen) atoms. The molecular weight excluding hydrogens is 538 g/mol. The summed E-state index contributed by atoms with van der Waals surface area (Å²) in [4.78, 5) is 29.3. The zero-order valence-electron chi connectivity index (χ0n) is 24.3. The number of nitrogens with one attached hydrogen (secondary N) is 1. The van der Waals surface area contributed by atoms with Crippen LogP contribution < -0.4 is 5.32 Å². The Morgan fingerprint density at radius 2 is 1.77 bits per heavy atom. The van der Waals surface area contributed by atoms with Gasteiger partial charge in [0.2, 0.25) is 0 Å². The summed E-state index contributed by atoms with van der Waals surface area (Å²) >= 11 is 0. The lowest BCUT2D eigenvalue weighted by atomic mass is 9.73. The predicted octanol–water partition coefficient (Wildman–Crippen LogP) is 6.00. The molecule has 2 amide bonds. The Morgan fingerprint density at radius 1 is 1.02 bits per heavy atom. The molecule has 5 atom stereocenters. The zero-order valence-corrected chi connectivity index (χ0v) is 24.3. The number of aromatic nitrogens is 1. The molecule has 4 heterocycles. The molecule has 1 aromatic heterocycles. The number of carbonyl (C=O) groups excluding carboxylic acids is 2. The third-order valence-electron chi connectivity index (χ3n) is 10.5. The Labute approximate surface area is 249 Å². The van der Waals surface area contributed by atoms with Crippen LogP contribution in [0.4, 0.5) is 0 Å². The van der Waals surface area contributed by atoms with Gasteiger partial charge in [-0.3, -0.25) is 9.59 Å². The Bertz CT molecular complexity index is 2030. The largest absolute Gasteiger partial charge is 0.376 e. The van der Waals surface area contributed by atoms with Gasteiger partial charge in [0.05, 0.1) is 22.6 Å². The molecule has 0 saturated carbocycles. The van der Waals surface area contributed by atoms with Gasteiger partial charge in [-0.05, 0) is 52.9 Å². The fourth-order valence-corrected chi connectivity index (χ4v) is 8.84. The third-order valence-corrected chi connectivity index (χ3v) is 10.5. The molecule has 1 aliphatic carbocycles. The maximum atomic E-state index is 13.9. The number of hydrogen-bond acceptors (Lipinski definition) is 4. The van der Waals surface area contributed by atoms with Crippen molar-refractivity contribution >= 4 is 33.6 Å². The van der Waals surface area contributed by atoms with Crippen molar-refractivity contribution in [1.82, 2.24) is 14.8 Å². The van der Waals surface area contributed by atoms with Gasteiger partial charge in [-0.25, -0.2) is 0 Å². The number of carbonyl (C=O) groups is 2. The van der Waals surface area contributed by atoms with E-state index in [1.165, 1.54) is 11.1 Å². The minimum atomic E-state index is -0.813. The van der Waals surface area contributed by atoms with E-state index in [2.05, 4.69) is 53.2 Å². The summed E-state index contributed by atoms with van der Waals surface area (Å²) in [6, 6.07) is 26.0. The van der Waals surface area contributed by atoms with Gasteiger partial charge in [0.15, 0.2) is 0 Å². The Morgan fingerprint density at radius 3 is 2.58 bits per heavy atom. The van der Waals surface area contributed by atoms with E-state index in [1.807, 2.05) is 54.4 Å². The predicted molar refractivity (Wildman–Crippen MR) is 164 cm³/mol. The van der Waals surface area contributed by atoms with Gasteiger partial charge in [0.1, 0.15) is 17.9 Å². The number of benzene rings is 4. The van der Waals surface area contributed by atoms with Crippen molar-refractivity contribution in [3.8, 4) is 11.1 Å². The van der Waals surface area contributed by atoms with Crippen LogP contribution in [0.5, 0.6) is 0 Å². The second-order valence-electron chi connectivity index (χ2n) is 12.5. The third kappa shape index (κ3) is 3.01. The van der Waals surface area contributed by atoms with Crippen molar-refractivity contribution in [3.63, 3.8) is 0 Å². The summed E-state index contributed by atoms with van der Waals surface area (Å²) < 4.78 is 16.0. The molecule has 1 N–H and O–H groups in total. The summed E-state index contributed by atoms with van der Waals surface area (Å²) in [7, 11) is 3.62. The Hall–Kier alpha value is -4.46. The van der Waals surface area contributed by atoms with Crippen molar-refractivity contribution < 1.29 is 19.1 Å². The van der Waals surface area contributed by atoms with Gasteiger partial charge < -0.3 is 24.3 Å². The molecule has 3 aliphatic heterocycles. The van der Waals surface area contributed by atoms with E-state index >= 15 is 0 Å². The van der Waals surface area contributed by atoms with Gasteiger partial charge in [0.25, 0.3) is 11.8 Å². The molecule has 7 nitrogen and oxygen atoms in total. The van der Waals surface area contributed by atoms with E-state index in [4.69, 9.17) is 9.47 Å². The monoisotopic (exact) mass is 569 g/mol. The first-order valence-electron chi connectivity index (χ1n) is 15.0. The smallest absolute Gasteiger partial charge is 0.253 e. The molecule has 2 bridgehead atoms. The molecule has 4 aliphatic rings. The topological polar surface area (TPSA) is 72.8 Å². The first kappa shape index (κ1) is 25.1. The number of ether oxygens (including phenoxy) is 2. The van der Waals surface area contributed by atoms with Gasteiger partial charge in [0, 0.05) is 49.4 Å². The Kier molecular flexibility index (Phi) is 4.99. The SMILES string of the molecule is CO[C@@H]1[C@H](N(C)C(=O)c2ccccc2)C[C@H]2O[C@]1(C)C1c3ccccc3-c3c4c(c5c6ccccc6n2c5c31)C(=O)NC4. The lowest BCUT2D eigenvalue weighted by Gasteiger charge is -2.52. The molecule has 0 radical (unpaired) electrons. The molecule has 4 aromatic carbocycles. The summed E-state index contributed by atoms with van der Waals surface area (Å²) in [5.41, 5.74) is 8.42. The van der Waals surface area contributed by atoms with Crippen LogP contribution in [0.3, 0.4) is 0 Å². The van der Waals surface area contributed by atoms with Gasteiger partial charge in [-0.15, -0.1) is 0 Å². The molecule has 0 spiro atoms. The number of hydrogen-bond donors (Lipinski definition) is 1. The summed E-state index contributed by atoms with van der Waals surface area (Å²) in [5.74, 6) is -0.233. The second kappa shape index (κ2) is 8.56. The van der Waals surface area contributed by atoms with Gasteiger partial charge in [-0.2, -0.15) is 0 Å². The first-order valence-corrected chi connectivity index (χ1v) is 15.0. The zero-order chi connectivity index (χ0) is 29.2. The number of methoxy groups -OCH3 is 1. The van der Waals surface area contributed by atoms with E-state index in [0.29, 0.717) is 18.5 Å². The van der Waals surface area contributed by atoms with Crippen LogP contribution in [-0.2, 0) is 16.0 Å². The highest BCUT2D eigenvalue weighted by Crippen LogP contribution is 2.62. The van der Waals surface area contributed by atoms with Crippen LogP contribution >= 0.6 is 0 Å². The second-order valence-corrected chi connectivity index (χ2v) is 12.5.